The Morgan fingerprint density at radius 3 is 2.26 bits per heavy atom. The maximum Gasteiger partial charge on any atom is 0.407 e. The molecule has 2 N–H and O–H groups in total. The van der Waals surface area contributed by atoms with Crippen molar-refractivity contribution in [3.63, 3.8) is 0 Å². The van der Waals surface area contributed by atoms with Crippen LogP contribution in [-0.4, -0.2) is 51.6 Å². The number of hydrogen-bond acceptors (Lipinski definition) is 7. The Bertz CT molecular complexity index is 1050. The molecule has 0 aromatic heterocycles. The van der Waals surface area contributed by atoms with Gasteiger partial charge in [-0.3, -0.25) is 9.59 Å². The largest absolute Gasteiger partial charge is 0.464 e. The molecule has 0 bridgehead atoms. The van der Waals surface area contributed by atoms with E-state index in [0.29, 0.717) is 0 Å². The van der Waals surface area contributed by atoms with Gasteiger partial charge in [-0.1, -0.05) is 55.8 Å². The molecule has 1 aliphatic rings. The van der Waals surface area contributed by atoms with Gasteiger partial charge in [0.25, 0.3) is 0 Å². The summed E-state index contributed by atoms with van der Waals surface area (Å²) >= 11 is 0. The molecule has 1 aromatic carbocycles. The fraction of sp³-hybridized carbons (Fsp3) is 0.480. The Kier molecular flexibility index (Phi) is 10.7. The van der Waals surface area contributed by atoms with Gasteiger partial charge in [0, 0.05) is 12.3 Å². The van der Waals surface area contributed by atoms with Crippen molar-refractivity contribution in [1.82, 2.24) is 10.0 Å². The molecule has 0 saturated heterocycles. The highest BCUT2D eigenvalue weighted by atomic mass is 32.2. The molecule has 0 spiro atoms. The molecule has 0 fully saturated rings. The fourth-order valence-corrected chi connectivity index (χ4v) is 4.50. The lowest BCUT2D eigenvalue weighted by atomic mass is 10.0. The summed E-state index contributed by atoms with van der Waals surface area (Å²) in [4.78, 5) is 36.6. The van der Waals surface area contributed by atoms with Crippen LogP contribution in [0.5, 0.6) is 0 Å². The molecule has 192 valence electrons. The number of benzene rings is 1. The summed E-state index contributed by atoms with van der Waals surface area (Å²) in [6, 6.07) is 4.91. The van der Waals surface area contributed by atoms with Gasteiger partial charge < -0.3 is 14.8 Å². The maximum absolute atomic E-state index is 12.9. The average Bonchev–Trinajstić information content (AvgIpc) is 2.79. The van der Waals surface area contributed by atoms with Crippen molar-refractivity contribution in [2.45, 2.75) is 57.5 Å². The van der Waals surface area contributed by atoms with Gasteiger partial charge in [0.2, 0.25) is 10.0 Å². The van der Waals surface area contributed by atoms with Crippen molar-refractivity contribution in [1.29, 1.82) is 0 Å². The number of aryl methyl sites for hydroxylation is 1. The van der Waals surface area contributed by atoms with Crippen molar-refractivity contribution in [2.24, 2.45) is 11.8 Å². The summed E-state index contributed by atoms with van der Waals surface area (Å²) in [6.07, 6.45) is 5.94. The third-order valence-corrected chi connectivity index (χ3v) is 7.00. The summed E-state index contributed by atoms with van der Waals surface area (Å²) < 4.78 is 39.0. The number of hydrogen-bond donors (Lipinski definition) is 2. The van der Waals surface area contributed by atoms with Crippen LogP contribution < -0.4 is 10.0 Å². The van der Waals surface area contributed by atoms with E-state index in [1.165, 1.54) is 12.1 Å². The molecule has 1 aromatic rings. The molecule has 10 heteroatoms. The Morgan fingerprint density at radius 1 is 0.914 bits per heavy atom. The van der Waals surface area contributed by atoms with Crippen LogP contribution in [0.25, 0.3) is 0 Å². The minimum absolute atomic E-state index is 0.0102. The van der Waals surface area contributed by atoms with Gasteiger partial charge in [-0.15, -0.1) is 0 Å². The van der Waals surface area contributed by atoms with Crippen LogP contribution in [0, 0.1) is 18.8 Å². The van der Waals surface area contributed by atoms with Crippen LogP contribution in [-0.2, 0) is 29.1 Å². The molecule has 0 saturated carbocycles. The third kappa shape index (κ3) is 9.65. The fourth-order valence-electron chi connectivity index (χ4n) is 3.19. The molecule has 0 unspecified atom stereocenters. The average molecular weight is 507 g/mol. The molecule has 4 atom stereocenters. The number of Topliss-reactive ketones (excluding diaryl/α,β-unsaturated/α-hetero) is 1. The zero-order chi connectivity index (χ0) is 26.0. The van der Waals surface area contributed by atoms with Crippen LogP contribution in [0.2, 0.25) is 0 Å². The van der Waals surface area contributed by atoms with Crippen LogP contribution in [0.15, 0.2) is 53.5 Å². The number of alkyl carbamates (subject to hydrolysis) is 1. The number of rotatable bonds is 3. The van der Waals surface area contributed by atoms with E-state index < -0.39 is 40.1 Å². The molecule has 1 heterocycles. The summed E-state index contributed by atoms with van der Waals surface area (Å²) in [6.45, 7) is 6.90. The van der Waals surface area contributed by atoms with E-state index in [-0.39, 0.29) is 42.7 Å². The summed E-state index contributed by atoms with van der Waals surface area (Å²) in [7, 11) is -3.88. The second kappa shape index (κ2) is 13.2. The summed E-state index contributed by atoms with van der Waals surface area (Å²) in [5.41, 5.74) is 0.925. The van der Waals surface area contributed by atoms with Gasteiger partial charge in [-0.05, 0) is 31.9 Å². The Hall–Kier alpha value is -2.98. The standard InChI is InChI=1S/C25H34N2O7S/c1-17-11-13-21(14-12-17)35(31,32)27-22-16-33-24(29)10-5-7-18(2)15-34-25(30)26-20(4)23(28)9-6-8-19(22)3/h5-8,11-14,18-20,22,27H,9-10,15-16H2,1-4H3,(H,26,30)/t18-,19-,20-,22-/m0/s1. The van der Waals surface area contributed by atoms with Crippen molar-refractivity contribution < 1.29 is 32.3 Å². The number of nitrogens with one attached hydrogen (secondary N) is 2. The topological polar surface area (TPSA) is 128 Å². The highest BCUT2D eigenvalue weighted by Crippen LogP contribution is 2.15. The van der Waals surface area contributed by atoms with E-state index >= 15 is 0 Å². The predicted molar refractivity (Wildman–Crippen MR) is 131 cm³/mol. The summed E-state index contributed by atoms with van der Waals surface area (Å²) in [5, 5.41) is 2.50. The second-order valence-electron chi connectivity index (χ2n) is 8.76. The number of amides is 1. The van der Waals surface area contributed by atoms with E-state index in [1.807, 2.05) is 13.8 Å². The maximum atomic E-state index is 12.9. The molecule has 1 aliphatic heterocycles. The Balaban J connectivity index is 2.22. The number of carbonyl (C=O) groups excluding carboxylic acids is 3. The minimum Gasteiger partial charge on any atom is -0.464 e. The first-order valence-electron chi connectivity index (χ1n) is 11.5. The van der Waals surface area contributed by atoms with Crippen LogP contribution in [0.1, 0.15) is 39.2 Å². The first kappa shape index (κ1) is 28.3. The lowest BCUT2D eigenvalue weighted by molar-refractivity contribution is -0.143. The van der Waals surface area contributed by atoms with Gasteiger partial charge in [0.15, 0.2) is 5.78 Å². The van der Waals surface area contributed by atoms with Gasteiger partial charge in [0.05, 0.1) is 30.0 Å². The van der Waals surface area contributed by atoms with E-state index in [2.05, 4.69) is 10.0 Å². The Labute approximate surface area is 207 Å². The van der Waals surface area contributed by atoms with Crippen molar-refractivity contribution in [2.75, 3.05) is 13.2 Å². The minimum atomic E-state index is -3.88. The van der Waals surface area contributed by atoms with E-state index in [4.69, 9.17) is 9.47 Å². The summed E-state index contributed by atoms with van der Waals surface area (Å²) in [5.74, 6) is -1.32. The molecule has 1 amide bonds. The van der Waals surface area contributed by atoms with Crippen molar-refractivity contribution in [3.05, 3.63) is 54.1 Å². The third-order valence-electron chi connectivity index (χ3n) is 5.50. The van der Waals surface area contributed by atoms with Gasteiger partial charge in [-0.2, -0.15) is 0 Å². The van der Waals surface area contributed by atoms with E-state index in [9.17, 15) is 22.8 Å². The number of cyclic esters (lactones) is 2. The van der Waals surface area contributed by atoms with E-state index in [1.54, 1.807) is 50.3 Å². The molecule has 35 heavy (non-hydrogen) atoms. The molecule has 2 rings (SSSR count). The normalized spacial score (nSPS) is 25.7. The predicted octanol–water partition coefficient (Wildman–Crippen LogP) is 3.05. The number of esters is 1. The number of allylic oxidation sites excluding steroid dienone is 1. The highest BCUT2D eigenvalue weighted by Gasteiger charge is 2.25. The number of ketones is 1. The number of ether oxygens (including phenoxy) is 2. The second-order valence-corrected chi connectivity index (χ2v) is 10.5. The van der Waals surface area contributed by atoms with Gasteiger partial charge >= 0.3 is 12.1 Å². The van der Waals surface area contributed by atoms with Gasteiger partial charge in [-0.25, -0.2) is 17.9 Å². The molecular formula is C25H34N2O7S. The van der Waals surface area contributed by atoms with E-state index in [0.717, 1.165) is 5.56 Å². The molecule has 9 nitrogen and oxygen atoms in total. The zero-order valence-electron chi connectivity index (χ0n) is 20.5. The Morgan fingerprint density at radius 2 is 1.57 bits per heavy atom. The molecule has 0 aliphatic carbocycles. The van der Waals surface area contributed by atoms with Crippen molar-refractivity contribution >= 4 is 27.9 Å². The highest BCUT2D eigenvalue weighted by molar-refractivity contribution is 7.89. The number of carbonyl (C=O) groups is 3. The number of sulfonamides is 1. The van der Waals surface area contributed by atoms with Crippen molar-refractivity contribution in [3.8, 4) is 0 Å². The smallest absolute Gasteiger partial charge is 0.407 e. The SMILES string of the molecule is Cc1ccc(S(=O)(=O)N[C@H]2COC(=O)CC=C[C@H](C)COC(=O)N[C@@H](C)C(=O)CC=C[C@@H]2C)cc1. The zero-order valence-corrected chi connectivity index (χ0v) is 21.3. The molecular weight excluding hydrogens is 472 g/mol. The van der Waals surface area contributed by atoms with Crippen LogP contribution in [0.3, 0.4) is 0 Å². The quantitative estimate of drug-likeness (QED) is 0.476. The lowest BCUT2D eigenvalue weighted by Crippen LogP contribution is -2.42. The lowest BCUT2D eigenvalue weighted by Gasteiger charge is -2.23. The van der Waals surface area contributed by atoms with Gasteiger partial charge in [0.1, 0.15) is 6.61 Å². The first-order valence-corrected chi connectivity index (χ1v) is 13.0. The monoisotopic (exact) mass is 506 g/mol. The van der Waals surface area contributed by atoms with Crippen LogP contribution >= 0.6 is 0 Å². The van der Waals surface area contributed by atoms with Crippen LogP contribution in [0.4, 0.5) is 4.79 Å². The first-order chi connectivity index (χ1) is 16.5. The molecule has 0 radical (unpaired) electrons.